The first-order valence-corrected chi connectivity index (χ1v) is 13.8. The molecule has 216 valence electrons. The van der Waals surface area contributed by atoms with E-state index in [1.807, 2.05) is 44.2 Å². The number of urea groups is 1. The van der Waals surface area contributed by atoms with Crippen molar-refractivity contribution in [2.75, 3.05) is 29.9 Å². The molecule has 4 heterocycles. The largest absolute Gasteiger partial charge is 0.391 e. The van der Waals surface area contributed by atoms with E-state index in [4.69, 9.17) is 0 Å². The zero-order valence-corrected chi connectivity index (χ0v) is 23.4. The number of para-hydroxylation sites is 1. The standard InChI is InChI=1S/C28H35N9O4/c1-4-21(38)16-36-18(3)25(27(40)37(36)20-9-7-6-8-10-20)26(39)30-19-13-14-34(15-19)24-12-11-23-31-22(17-35(23)33-24)32-28(41)29-5-2/h6-12,17,19,21,38H,4-5,13-16H2,1-3H3,(H,30,39)(H2,29,32,41)/t19-,21?/m0/s1. The lowest BCUT2D eigenvalue weighted by Crippen LogP contribution is -2.39. The molecule has 0 saturated carbocycles. The van der Waals surface area contributed by atoms with Crippen LogP contribution in [0.4, 0.5) is 16.4 Å². The Balaban J connectivity index is 1.32. The molecule has 41 heavy (non-hydrogen) atoms. The summed E-state index contributed by atoms with van der Waals surface area (Å²) in [6, 6.07) is 12.3. The van der Waals surface area contributed by atoms with Gasteiger partial charge in [-0.05, 0) is 51.0 Å². The number of amides is 3. The van der Waals surface area contributed by atoms with Gasteiger partial charge in [-0.3, -0.25) is 19.6 Å². The number of aromatic nitrogens is 5. The van der Waals surface area contributed by atoms with Crippen molar-refractivity contribution in [3.8, 4) is 5.69 Å². The molecule has 3 amide bonds. The van der Waals surface area contributed by atoms with Gasteiger partial charge in [-0.2, -0.15) is 0 Å². The Kier molecular flexibility index (Phi) is 8.06. The highest BCUT2D eigenvalue weighted by molar-refractivity contribution is 5.95. The number of carbonyl (C=O) groups excluding carboxylic acids is 2. The average molecular weight is 562 g/mol. The second kappa shape index (κ2) is 11.8. The molecule has 4 aromatic rings. The fraction of sp³-hybridized carbons (Fsp3) is 0.393. The van der Waals surface area contributed by atoms with Crippen molar-refractivity contribution in [2.24, 2.45) is 0 Å². The first-order valence-electron chi connectivity index (χ1n) is 13.8. The summed E-state index contributed by atoms with van der Waals surface area (Å²) in [7, 11) is 0. The summed E-state index contributed by atoms with van der Waals surface area (Å²) in [6.07, 6.45) is 2.19. The van der Waals surface area contributed by atoms with E-state index < -0.39 is 17.6 Å². The van der Waals surface area contributed by atoms with Crippen molar-refractivity contribution in [1.82, 2.24) is 34.6 Å². The summed E-state index contributed by atoms with van der Waals surface area (Å²) in [5, 5.41) is 23.4. The molecule has 1 aromatic carbocycles. The molecule has 0 aliphatic carbocycles. The molecule has 13 nitrogen and oxygen atoms in total. The van der Waals surface area contributed by atoms with E-state index in [0.29, 0.717) is 61.1 Å². The van der Waals surface area contributed by atoms with Crippen molar-refractivity contribution >= 4 is 29.2 Å². The van der Waals surface area contributed by atoms with Crippen LogP contribution in [0, 0.1) is 6.92 Å². The van der Waals surface area contributed by atoms with E-state index in [2.05, 4.69) is 30.9 Å². The quantitative estimate of drug-likeness (QED) is 0.244. The van der Waals surface area contributed by atoms with Crippen molar-refractivity contribution in [3.05, 3.63) is 70.3 Å². The molecule has 0 radical (unpaired) electrons. The number of hydrogen-bond donors (Lipinski definition) is 4. The van der Waals surface area contributed by atoms with Crippen LogP contribution < -0.4 is 26.4 Å². The monoisotopic (exact) mass is 561 g/mol. The zero-order valence-electron chi connectivity index (χ0n) is 23.4. The van der Waals surface area contributed by atoms with E-state index in [9.17, 15) is 19.5 Å². The second-order valence-corrected chi connectivity index (χ2v) is 10.1. The van der Waals surface area contributed by atoms with Crippen LogP contribution >= 0.6 is 0 Å². The van der Waals surface area contributed by atoms with Crippen molar-refractivity contribution in [3.63, 3.8) is 0 Å². The number of benzene rings is 1. The van der Waals surface area contributed by atoms with Crippen LogP contribution in [0.2, 0.25) is 0 Å². The highest BCUT2D eigenvalue weighted by Gasteiger charge is 2.30. The molecule has 13 heteroatoms. The highest BCUT2D eigenvalue weighted by Crippen LogP contribution is 2.20. The SMILES string of the molecule is CCNC(=O)Nc1cn2nc(N3CC[C@H](NC(=O)c4c(C)n(CC(O)CC)n(-c5ccccc5)c4=O)C3)ccc2n1. The van der Waals surface area contributed by atoms with E-state index in [-0.39, 0.29) is 24.2 Å². The highest BCUT2D eigenvalue weighted by atomic mass is 16.3. The molecule has 1 saturated heterocycles. The van der Waals surface area contributed by atoms with Gasteiger partial charge >= 0.3 is 6.03 Å². The number of nitrogens with zero attached hydrogens (tertiary/aromatic N) is 6. The third-order valence-electron chi connectivity index (χ3n) is 7.21. The average Bonchev–Trinajstić information content (AvgIpc) is 3.64. The molecule has 2 atom stereocenters. The number of rotatable bonds is 9. The Bertz CT molecular complexity index is 1610. The summed E-state index contributed by atoms with van der Waals surface area (Å²) >= 11 is 0. The maximum atomic E-state index is 13.6. The molecular weight excluding hydrogens is 526 g/mol. The minimum absolute atomic E-state index is 0.0701. The topological polar surface area (TPSA) is 151 Å². The minimum atomic E-state index is -0.657. The Morgan fingerprint density at radius 3 is 2.66 bits per heavy atom. The predicted octanol–water partition coefficient (Wildman–Crippen LogP) is 1.91. The van der Waals surface area contributed by atoms with Gasteiger partial charge in [-0.1, -0.05) is 25.1 Å². The van der Waals surface area contributed by atoms with Gasteiger partial charge in [0.2, 0.25) is 0 Å². The minimum Gasteiger partial charge on any atom is -0.391 e. The Morgan fingerprint density at radius 1 is 1.15 bits per heavy atom. The van der Waals surface area contributed by atoms with Gasteiger partial charge in [-0.15, -0.1) is 5.10 Å². The normalized spacial score (nSPS) is 15.7. The van der Waals surface area contributed by atoms with Crippen molar-refractivity contribution in [1.29, 1.82) is 0 Å². The fourth-order valence-electron chi connectivity index (χ4n) is 5.05. The van der Waals surface area contributed by atoms with E-state index in [1.54, 1.807) is 34.5 Å². The summed E-state index contributed by atoms with van der Waals surface area (Å²) in [6.45, 7) is 7.32. The number of nitrogens with one attached hydrogen (secondary N) is 3. The Labute approximate surface area is 236 Å². The molecule has 5 rings (SSSR count). The third kappa shape index (κ3) is 5.80. The molecule has 1 unspecified atom stereocenters. The van der Waals surface area contributed by atoms with Crippen molar-refractivity contribution in [2.45, 2.75) is 52.3 Å². The van der Waals surface area contributed by atoms with Crippen LogP contribution in [0.5, 0.6) is 0 Å². The number of imidazole rings is 1. The van der Waals surface area contributed by atoms with Gasteiger partial charge < -0.3 is 20.6 Å². The first-order chi connectivity index (χ1) is 19.8. The van der Waals surface area contributed by atoms with Crippen LogP contribution in [0.15, 0.2) is 53.5 Å². The van der Waals surface area contributed by atoms with Crippen LogP contribution in [-0.2, 0) is 6.54 Å². The molecule has 1 aliphatic rings. The molecule has 1 fully saturated rings. The number of fused-ring (bicyclic) bond motifs is 1. The summed E-state index contributed by atoms with van der Waals surface area (Å²) in [4.78, 5) is 45.3. The summed E-state index contributed by atoms with van der Waals surface area (Å²) in [5.74, 6) is 0.661. The smallest absolute Gasteiger partial charge is 0.320 e. The zero-order chi connectivity index (χ0) is 29.1. The van der Waals surface area contributed by atoms with Gasteiger partial charge in [0, 0.05) is 25.7 Å². The second-order valence-electron chi connectivity index (χ2n) is 10.1. The van der Waals surface area contributed by atoms with Crippen molar-refractivity contribution < 1.29 is 14.7 Å². The molecule has 3 aromatic heterocycles. The summed E-state index contributed by atoms with van der Waals surface area (Å²) in [5.41, 5.74) is 1.37. The van der Waals surface area contributed by atoms with E-state index in [1.165, 1.54) is 4.68 Å². The van der Waals surface area contributed by atoms with Gasteiger partial charge in [0.15, 0.2) is 11.5 Å². The maximum Gasteiger partial charge on any atom is 0.320 e. The molecular formula is C28H35N9O4. The number of aliphatic hydroxyl groups is 1. The molecule has 0 bridgehead atoms. The molecule has 0 spiro atoms. The maximum absolute atomic E-state index is 13.6. The van der Waals surface area contributed by atoms with Crippen LogP contribution in [-0.4, -0.2) is 72.8 Å². The Hall–Kier alpha value is -4.65. The number of aliphatic hydroxyl groups excluding tert-OH is 1. The lowest BCUT2D eigenvalue weighted by atomic mass is 10.2. The predicted molar refractivity (Wildman–Crippen MR) is 155 cm³/mol. The van der Waals surface area contributed by atoms with E-state index >= 15 is 0 Å². The Morgan fingerprint density at radius 2 is 1.93 bits per heavy atom. The van der Waals surface area contributed by atoms with Gasteiger partial charge in [0.05, 0.1) is 30.2 Å². The van der Waals surface area contributed by atoms with E-state index in [0.717, 1.165) is 0 Å². The third-order valence-corrected chi connectivity index (χ3v) is 7.21. The van der Waals surface area contributed by atoms with Crippen LogP contribution in [0.3, 0.4) is 0 Å². The number of anilines is 2. The van der Waals surface area contributed by atoms with Crippen LogP contribution in [0.1, 0.15) is 42.7 Å². The number of hydrogen-bond acceptors (Lipinski definition) is 7. The molecule has 1 aliphatic heterocycles. The lowest BCUT2D eigenvalue weighted by molar-refractivity contribution is 0.0938. The van der Waals surface area contributed by atoms with Gasteiger partial charge in [0.1, 0.15) is 11.4 Å². The summed E-state index contributed by atoms with van der Waals surface area (Å²) < 4.78 is 4.75. The van der Waals surface area contributed by atoms with Gasteiger partial charge in [0.25, 0.3) is 11.5 Å². The number of carbonyl (C=O) groups is 2. The van der Waals surface area contributed by atoms with Gasteiger partial charge in [-0.25, -0.2) is 19.0 Å². The first kappa shape index (κ1) is 27.9. The fourth-order valence-corrected chi connectivity index (χ4v) is 5.05. The van der Waals surface area contributed by atoms with Crippen LogP contribution in [0.25, 0.3) is 11.3 Å². The molecule has 4 N–H and O–H groups in total. The lowest BCUT2D eigenvalue weighted by Gasteiger charge is -2.18.